The summed E-state index contributed by atoms with van der Waals surface area (Å²) in [5, 5.41) is 2.98. The van der Waals surface area contributed by atoms with Gasteiger partial charge in [-0.15, -0.1) is 0 Å². The van der Waals surface area contributed by atoms with E-state index in [1.807, 2.05) is 6.92 Å². The van der Waals surface area contributed by atoms with Gasteiger partial charge < -0.3 is 10.1 Å². The molecular weight excluding hydrogens is 260 g/mol. The van der Waals surface area contributed by atoms with Crippen molar-refractivity contribution in [1.82, 2.24) is 5.32 Å². The summed E-state index contributed by atoms with van der Waals surface area (Å²) >= 11 is 0. The second-order valence-electron chi connectivity index (χ2n) is 4.57. The predicted molar refractivity (Wildman–Crippen MR) is 74.6 cm³/mol. The molecule has 2 aromatic carbocycles. The van der Waals surface area contributed by atoms with Gasteiger partial charge in [-0.25, -0.2) is 8.78 Å². The standard InChI is InChI=1S/C16H17F2NO/c1-11(19-2)14-8-7-13(9-16(14)18)20-10-12-5-3-4-6-15(12)17/h3-9,11,19H,10H2,1-2H3. The van der Waals surface area contributed by atoms with Gasteiger partial charge in [-0.3, -0.25) is 0 Å². The van der Waals surface area contributed by atoms with Gasteiger partial charge in [0.25, 0.3) is 0 Å². The number of ether oxygens (including phenoxy) is 1. The van der Waals surface area contributed by atoms with Gasteiger partial charge in [0.1, 0.15) is 24.0 Å². The van der Waals surface area contributed by atoms with Gasteiger partial charge in [-0.1, -0.05) is 24.3 Å². The average Bonchev–Trinajstić information content (AvgIpc) is 2.46. The van der Waals surface area contributed by atoms with Crippen LogP contribution in [0.5, 0.6) is 5.75 Å². The van der Waals surface area contributed by atoms with Crippen LogP contribution in [-0.4, -0.2) is 7.05 Å². The Morgan fingerprint density at radius 1 is 1.10 bits per heavy atom. The number of hydrogen-bond donors (Lipinski definition) is 1. The lowest BCUT2D eigenvalue weighted by Crippen LogP contribution is -2.13. The van der Waals surface area contributed by atoms with Crippen LogP contribution in [0.1, 0.15) is 24.1 Å². The Balaban J connectivity index is 2.08. The molecule has 0 radical (unpaired) electrons. The van der Waals surface area contributed by atoms with E-state index in [4.69, 9.17) is 4.74 Å². The third-order valence-electron chi connectivity index (χ3n) is 3.22. The van der Waals surface area contributed by atoms with Crippen molar-refractivity contribution < 1.29 is 13.5 Å². The Morgan fingerprint density at radius 2 is 1.85 bits per heavy atom. The van der Waals surface area contributed by atoms with Crippen molar-refractivity contribution in [1.29, 1.82) is 0 Å². The Hall–Kier alpha value is -1.94. The van der Waals surface area contributed by atoms with Crippen molar-refractivity contribution in [2.75, 3.05) is 7.05 Å². The van der Waals surface area contributed by atoms with Gasteiger partial charge in [0.05, 0.1) is 0 Å². The second-order valence-corrected chi connectivity index (χ2v) is 4.57. The van der Waals surface area contributed by atoms with Crippen LogP contribution in [0.25, 0.3) is 0 Å². The number of hydrogen-bond acceptors (Lipinski definition) is 2. The molecule has 106 valence electrons. The topological polar surface area (TPSA) is 21.3 Å². The van der Waals surface area contributed by atoms with Crippen LogP contribution < -0.4 is 10.1 Å². The zero-order valence-electron chi connectivity index (χ0n) is 11.5. The van der Waals surface area contributed by atoms with E-state index in [-0.39, 0.29) is 24.3 Å². The minimum absolute atomic E-state index is 0.0735. The van der Waals surface area contributed by atoms with Gasteiger partial charge in [0, 0.05) is 23.2 Å². The maximum atomic E-state index is 13.9. The highest BCUT2D eigenvalue weighted by Crippen LogP contribution is 2.22. The average molecular weight is 277 g/mol. The molecule has 1 N–H and O–H groups in total. The monoisotopic (exact) mass is 277 g/mol. The number of nitrogens with one attached hydrogen (secondary N) is 1. The highest BCUT2D eigenvalue weighted by atomic mass is 19.1. The second kappa shape index (κ2) is 6.48. The fraction of sp³-hybridized carbons (Fsp3) is 0.250. The van der Waals surface area contributed by atoms with Crippen LogP contribution in [0.4, 0.5) is 8.78 Å². The number of rotatable bonds is 5. The van der Waals surface area contributed by atoms with Crippen LogP contribution in [0.2, 0.25) is 0 Å². The first-order valence-corrected chi connectivity index (χ1v) is 6.44. The smallest absolute Gasteiger partial charge is 0.131 e. The molecule has 0 fully saturated rings. The first-order chi connectivity index (χ1) is 9.61. The fourth-order valence-corrected chi connectivity index (χ4v) is 1.88. The maximum Gasteiger partial charge on any atom is 0.131 e. The molecule has 0 aromatic heterocycles. The minimum Gasteiger partial charge on any atom is -0.489 e. The molecule has 2 aromatic rings. The van der Waals surface area contributed by atoms with E-state index in [0.29, 0.717) is 16.9 Å². The SMILES string of the molecule is CNC(C)c1ccc(OCc2ccccc2F)cc1F. The zero-order valence-corrected chi connectivity index (χ0v) is 11.5. The highest BCUT2D eigenvalue weighted by Gasteiger charge is 2.10. The Morgan fingerprint density at radius 3 is 2.50 bits per heavy atom. The van der Waals surface area contributed by atoms with E-state index in [2.05, 4.69) is 5.32 Å². The van der Waals surface area contributed by atoms with Crippen molar-refractivity contribution in [2.45, 2.75) is 19.6 Å². The van der Waals surface area contributed by atoms with Crippen molar-refractivity contribution in [3.8, 4) is 5.75 Å². The quantitative estimate of drug-likeness (QED) is 0.897. The summed E-state index contributed by atoms with van der Waals surface area (Å²) in [6.45, 7) is 1.95. The predicted octanol–water partition coefficient (Wildman–Crippen LogP) is 3.82. The molecule has 2 nitrogen and oxygen atoms in total. The zero-order chi connectivity index (χ0) is 14.5. The maximum absolute atomic E-state index is 13.9. The summed E-state index contributed by atoms with van der Waals surface area (Å²) < 4.78 is 32.7. The molecule has 0 bridgehead atoms. The van der Waals surface area contributed by atoms with Crippen LogP contribution in [0.3, 0.4) is 0 Å². The molecule has 2 rings (SSSR count). The molecule has 0 aliphatic rings. The van der Waals surface area contributed by atoms with Gasteiger partial charge in [-0.05, 0) is 26.1 Å². The van der Waals surface area contributed by atoms with Gasteiger partial charge >= 0.3 is 0 Å². The van der Waals surface area contributed by atoms with E-state index in [0.717, 1.165) is 0 Å². The summed E-state index contributed by atoms with van der Waals surface area (Å²) in [7, 11) is 1.77. The summed E-state index contributed by atoms with van der Waals surface area (Å²) in [5.41, 5.74) is 1.02. The molecule has 0 spiro atoms. The Bertz CT molecular complexity index is 586. The largest absolute Gasteiger partial charge is 0.489 e. The van der Waals surface area contributed by atoms with Gasteiger partial charge in [-0.2, -0.15) is 0 Å². The lowest BCUT2D eigenvalue weighted by atomic mass is 10.1. The molecule has 0 amide bonds. The third kappa shape index (κ3) is 3.33. The van der Waals surface area contributed by atoms with E-state index >= 15 is 0 Å². The molecule has 20 heavy (non-hydrogen) atoms. The molecule has 0 aliphatic heterocycles. The molecule has 0 aliphatic carbocycles. The first kappa shape index (κ1) is 14.5. The lowest BCUT2D eigenvalue weighted by molar-refractivity contribution is 0.298. The summed E-state index contributed by atoms with van der Waals surface area (Å²) in [6.07, 6.45) is 0. The Kier molecular flexibility index (Phi) is 4.69. The molecule has 0 saturated carbocycles. The molecule has 1 atom stereocenters. The first-order valence-electron chi connectivity index (χ1n) is 6.44. The van der Waals surface area contributed by atoms with Crippen LogP contribution in [-0.2, 0) is 6.61 Å². The summed E-state index contributed by atoms with van der Waals surface area (Å²) in [6, 6.07) is 11.0. The molecule has 0 heterocycles. The molecule has 0 saturated heterocycles. The summed E-state index contributed by atoms with van der Waals surface area (Å²) in [5.74, 6) is -0.274. The van der Waals surface area contributed by atoms with E-state index < -0.39 is 0 Å². The van der Waals surface area contributed by atoms with Crippen LogP contribution in [0, 0.1) is 11.6 Å². The highest BCUT2D eigenvalue weighted by molar-refractivity contribution is 5.31. The minimum atomic E-state index is -0.335. The van der Waals surface area contributed by atoms with E-state index in [1.54, 1.807) is 37.4 Å². The third-order valence-corrected chi connectivity index (χ3v) is 3.22. The fourth-order valence-electron chi connectivity index (χ4n) is 1.88. The number of benzene rings is 2. The Labute approximate surface area is 117 Å². The molecule has 4 heteroatoms. The normalized spacial score (nSPS) is 12.2. The molecular formula is C16H17F2NO. The van der Waals surface area contributed by atoms with Crippen LogP contribution >= 0.6 is 0 Å². The molecule has 1 unspecified atom stereocenters. The van der Waals surface area contributed by atoms with Gasteiger partial charge in [0.15, 0.2) is 0 Å². The van der Waals surface area contributed by atoms with Crippen molar-refractivity contribution >= 4 is 0 Å². The van der Waals surface area contributed by atoms with Gasteiger partial charge in [0.2, 0.25) is 0 Å². The van der Waals surface area contributed by atoms with E-state index in [1.165, 1.54) is 12.1 Å². The van der Waals surface area contributed by atoms with Crippen molar-refractivity contribution in [3.63, 3.8) is 0 Å². The number of halogens is 2. The summed E-state index contributed by atoms with van der Waals surface area (Å²) in [4.78, 5) is 0. The lowest BCUT2D eigenvalue weighted by Gasteiger charge is -2.13. The van der Waals surface area contributed by atoms with Crippen LogP contribution in [0.15, 0.2) is 42.5 Å². The van der Waals surface area contributed by atoms with E-state index in [9.17, 15) is 8.78 Å². The van der Waals surface area contributed by atoms with Crippen molar-refractivity contribution in [2.24, 2.45) is 0 Å². The van der Waals surface area contributed by atoms with Crippen molar-refractivity contribution in [3.05, 3.63) is 65.2 Å².